The lowest BCUT2D eigenvalue weighted by molar-refractivity contribution is -0.137. The molecule has 2 aliphatic heterocycles. The van der Waals surface area contributed by atoms with Gasteiger partial charge < -0.3 is 19.9 Å². The second kappa shape index (κ2) is 10.2. The summed E-state index contributed by atoms with van der Waals surface area (Å²) >= 11 is 6.07. The van der Waals surface area contributed by atoms with Gasteiger partial charge in [-0.15, -0.1) is 0 Å². The second-order valence-corrected chi connectivity index (χ2v) is 9.88. The summed E-state index contributed by atoms with van der Waals surface area (Å²) in [5, 5.41) is 9.03. The van der Waals surface area contributed by atoms with E-state index in [1.54, 1.807) is 17.0 Å². The molecular formula is C24H29ClFN5O4. The van der Waals surface area contributed by atoms with E-state index in [4.69, 9.17) is 16.3 Å². The molecule has 0 radical (unpaired) electrons. The van der Waals surface area contributed by atoms with E-state index in [1.807, 2.05) is 18.7 Å². The smallest absolute Gasteiger partial charge is 0.407 e. The number of likely N-dealkylation sites (tertiary alicyclic amines) is 1. The van der Waals surface area contributed by atoms with Crippen molar-refractivity contribution < 1.29 is 18.7 Å². The van der Waals surface area contributed by atoms with Gasteiger partial charge >= 0.3 is 6.09 Å². The minimum absolute atomic E-state index is 0.0240. The molecule has 4 rings (SSSR count). The first-order chi connectivity index (χ1) is 16.6. The van der Waals surface area contributed by atoms with Crippen molar-refractivity contribution in [3.63, 3.8) is 0 Å². The molecule has 1 aromatic heterocycles. The van der Waals surface area contributed by atoms with Crippen molar-refractivity contribution >= 4 is 29.3 Å². The van der Waals surface area contributed by atoms with Gasteiger partial charge in [0.15, 0.2) is 0 Å². The maximum absolute atomic E-state index is 13.3. The Morgan fingerprint density at radius 2 is 1.86 bits per heavy atom. The predicted octanol–water partition coefficient (Wildman–Crippen LogP) is 2.84. The van der Waals surface area contributed by atoms with Crippen molar-refractivity contribution in [2.24, 2.45) is 0 Å². The number of nitrogens with one attached hydrogen (secondary N) is 2. The first kappa shape index (κ1) is 25.0. The van der Waals surface area contributed by atoms with Gasteiger partial charge in [-0.05, 0) is 44.4 Å². The highest BCUT2D eigenvalue weighted by Crippen LogP contribution is 2.28. The van der Waals surface area contributed by atoms with E-state index in [0.29, 0.717) is 51.1 Å². The summed E-state index contributed by atoms with van der Waals surface area (Å²) in [6.07, 6.45) is 2.50. The molecule has 2 fully saturated rings. The highest BCUT2D eigenvalue weighted by Gasteiger charge is 2.36. The largest absolute Gasteiger partial charge is 0.444 e. The Kier molecular flexibility index (Phi) is 7.30. The molecule has 2 saturated heterocycles. The fourth-order valence-corrected chi connectivity index (χ4v) is 4.81. The molecule has 2 N–H and O–H groups in total. The molecule has 188 valence electrons. The van der Waals surface area contributed by atoms with Crippen LogP contribution in [-0.2, 0) is 14.9 Å². The van der Waals surface area contributed by atoms with Gasteiger partial charge in [0, 0.05) is 32.1 Å². The molecule has 11 heteroatoms. The molecule has 1 atom stereocenters. The highest BCUT2D eigenvalue weighted by molar-refractivity contribution is 6.33. The van der Waals surface area contributed by atoms with Crippen molar-refractivity contribution in [1.29, 1.82) is 0 Å². The molecule has 1 aromatic carbocycles. The molecule has 2 aromatic rings. The number of H-pyrrole nitrogens is 1. The molecule has 0 bridgehead atoms. The van der Waals surface area contributed by atoms with Crippen LogP contribution in [0.25, 0.3) is 0 Å². The van der Waals surface area contributed by atoms with Gasteiger partial charge in [-0.2, -0.15) is 5.10 Å². The maximum Gasteiger partial charge on any atom is 0.407 e. The number of alkyl carbamates (subject to hydrolysis) is 1. The zero-order valence-electron chi connectivity index (χ0n) is 19.7. The Morgan fingerprint density at radius 3 is 2.54 bits per heavy atom. The Balaban J connectivity index is 1.24. The molecule has 3 heterocycles. The number of carbonyl (C=O) groups excluding carboxylic acids is 2. The second-order valence-electron chi connectivity index (χ2n) is 9.50. The summed E-state index contributed by atoms with van der Waals surface area (Å²) in [4.78, 5) is 40.9. The molecule has 35 heavy (non-hydrogen) atoms. The molecule has 2 aliphatic rings. The standard InChI is InChI=1S/C24H29ClFN5O4/c1-24(2,15-3-5-16(26)6-4-15)22(33)30-10-7-17(8-11-30)28-23(34)35-18-9-12-31(14-18)19-13-27-29-21(32)20(19)25/h3-6,13,17-18H,7-12,14H2,1-2H3,(H,28,34)(H,29,32)/t18-/m1/s1. The van der Waals surface area contributed by atoms with Gasteiger partial charge in [-0.1, -0.05) is 23.7 Å². The van der Waals surface area contributed by atoms with Crippen molar-refractivity contribution in [3.8, 4) is 0 Å². The van der Waals surface area contributed by atoms with Crippen LogP contribution in [0.2, 0.25) is 5.02 Å². The van der Waals surface area contributed by atoms with Gasteiger partial charge in [-0.25, -0.2) is 14.3 Å². The van der Waals surface area contributed by atoms with Crippen LogP contribution in [-0.4, -0.2) is 65.4 Å². The van der Waals surface area contributed by atoms with Crippen LogP contribution >= 0.6 is 11.6 Å². The van der Waals surface area contributed by atoms with E-state index in [9.17, 15) is 18.8 Å². The lowest BCUT2D eigenvalue weighted by atomic mass is 9.82. The Bertz CT molecular complexity index is 1130. The number of benzene rings is 1. The fraction of sp³-hybridized carbons (Fsp3) is 0.500. The summed E-state index contributed by atoms with van der Waals surface area (Å²) < 4.78 is 18.9. The van der Waals surface area contributed by atoms with Gasteiger partial charge in [0.2, 0.25) is 5.91 Å². The minimum Gasteiger partial charge on any atom is -0.444 e. The van der Waals surface area contributed by atoms with E-state index >= 15 is 0 Å². The number of carbonyl (C=O) groups is 2. The normalized spacial score (nSPS) is 19.0. The lowest BCUT2D eigenvalue weighted by Crippen LogP contribution is -2.51. The van der Waals surface area contributed by atoms with Crippen LogP contribution < -0.4 is 15.8 Å². The number of hydrogen-bond acceptors (Lipinski definition) is 6. The first-order valence-electron chi connectivity index (χ1n) is 11.7. The van der Waals surface area contributed by atoms with Crippen molar-refractivity contribution in [1.82, 2.24) is 20.4 Å². The Morgan fingerprint density at radius 1 is 1.17 bits per heavy atom. The number of rotatable bonds is 5. The number of nitrogens with zero attached hydrogens (tertiary/aromatic N) is 3. The molecule has 0 spiro atoms. The van der Waals surface area contributed by atoms with E-state index in [2.05, 4.69) is 15.5 Å². The van der Waals surface area contributed by atoms with Crippen LogP contribution in [0.1, 0.15) is 38.7 Å². The first-order valence-corrected chi connectivity index (χ1v) is 12.0. The fourth-order valence-electron chi connectivity index (χ4n) is 4.60. The number of ether oxygens (including phenoxy) is 1. The van der Waals surface area contributed by atoms with Crippen LogP contribution in [0, 0.1) is 5.82 Å². The predicted molar refractivity (Wildman–Crippen MR) is 129 cm³/mol. The number of aromatic amines is 1. The Hall–Kier alpha value is -3.14. The van der Waals surface area contributed by atoms with Gasteiger partial charge in [0.25, 0.3) is 5.56 Å². The van der Waals surface area contributed by atoms with Crippen LogP contribution in [0.15, 0.2) is 35.3 Å². The maximum atomic E-state index is 13.3. The molecule has 0 aliphatic carbocycles. The van der Waals surface area contributed by atoms with Crippen molar-refractivity contribution in [3.05, 3.63) is 57.2 Å². The van der Waals surface area contributed by atoms with Crippen molar-refractivity contribution in [2.75, 3.05) is 31.1 Å². The Labute approximate surface area is 207 Å². The number of aromatic nitrogens is 2. The topological polar surface area (TPSA) is 108 Å². The number of anilines is 1. The van der Waals surface area contributed by atoms with Gasteiger partial charge in [-0.3, -0.25) is 9.59 Å². The monoisotopic (exact) mass is 505 g/mol. The van der Waals surface area contributed by atoms with E-state index in [-0.39, 0.29) is 28.9 Å². The van der Waals surface area contributed by atoms with E-state index < -0.39 is 17.1 Å². The van der Waals surface area contributed by atoms with Crippen LogP contribution in [0.3, 0.4) is 0 Å². The summed E-state index contributed by atoms with van der Waals surface area (Å²) in [6, 6.07) is 5.91. The zero-order valence-corrected chi connectivity index (χ0v) is 20.5. The van der Waals surface area contributed by atoms with Gasteiger partial charge in [0.1, 0.15) is 16.9 Å². The molecule has 0 unspecified atom stereocenters. The summed E-state index contributed by atoms with van der Waals surface area (Å²) in [5.41, 5.74) is 0.0405. The average molecular weight is 506 g/mol. The SMILES string of the molecule is CC(C)(C(=O)N1CCC(NC(=O)O[C@@H]2CCN(c3cn[nH]c(=O)c3Cl)C2)CC1)c1ccc(F)cc1. The quantitative estimate of drug-likeness (QED) is 0.647. The summed E-state index contributed by atoms with van der Waals surface area (Å²) in [5.74, 6) is -0.360. The molecule has 2 amide bonds. The number of amides is 2. The third kappa shape index (κ3) is 5.58. The number of hydrogen-bond donors (Lipinski definition) is 2. The third-order valence-corrected chi connectivity index (χ3v) is 7.11. The zero-order chi connectivity index (χ0) is 25.2. The molecule has 9 nitrogen and oxygen atoms in total. The van der Waals surface area contributed by atoms with Crippen LogP contribution in [0.4, 0.5) is 14.9 Å². The van der Waals surface area contributed by atoms with E-state index in [1.165, 1.54) is 18.3 Å². The molecule has 0 saturated carbocycles. The minimum atomic E-state index is -0.775. The summed E-state index contributed by atoms with van der Waals surface area (Å²) in [7, 11) is 0. The molecular weight excluding hydrogens is 477 g/mol. The van der Waals surface area contributed by atoms with E-state index in [0.717, 1.165) is 5.56 Å². The number of halogens is 2. The highest BCUT2D eigenvalue weighted by atomic mass is 35.5. The van der Waals surface area contributed by atoms with Gasteiger partial charge in [0.05, 0.1) is 23.8 Å². The summed E-state index contributed by atoms with van der Waals surface area (Å²) in [6.45, 7) is 5.71. The third-order valence-electron chi connectivity index (χ3n) is 6.74. The lowest BCUT2D eigenvalue weighted by Gasteiger charge is -2.37. The van der Waals surface area contributed by atoms with Crippen LogP contribution in [0.5, 0.6) is 0 Å². The van der Waals surface area contributed by atoms with Crippen molar-refractivity contribution in [2.45, 2.75) is 50.7 Å². The number of piperidine rings is 1. The average Bonchev–Trinajstić information content (AvgIpc) is 3.29.